The van der Waals surface area contributed by atoms with E-state index in [-0.39, 0.29) is 0 Å². The predicted octanol–water partition coefficient (Wildman–Crippen LogP) is 5.66. The molecule has 0 aliphatic heterocycles. The van der Waals surface area contributed by atoms with Gasteiger partial charge in [0.05, 0.1) is 21.2 Å². The summed E-state index contributed by atoms with van der Waals surface area (Å²) in [5, 5.41) is 4.81. The summed E-state index contributed by atoms with van der Waals surface area (Å²) in [6, 6.07) is 12.9. The first-order chi connectivity index (χ1) is 10.1. The summed E-state index contributed by atoms with van der Waals surface area (Å²) >= 11 is 15.9. The lowest BCUT2D eigenvalue weighted by molar-refractivity contribution is 0.436. The van der Waals surface area contributed by atoms with Gasteiger partial charge >= 0.3 is 0 Å². The molecule has 21 heavy (non-hydrogen) atoms. The molecule has 0 amide bonds. The van der Waals surface area contributed by atoms with E-state index in [4.69, 9.17) is 33.5 Å². The second kappa shape index (κ2) is 5.72. The van der Waals surface area contributed by atoms with Crippen molar-refractivity contribution in [1.29, 1.82) is 0 Å². The van der Waals surface area contributed by atoms with E-state index < -0.39 is 0 Å². The van der Waals surface area contributed by atoms with Crippen LogP contribution in [0.4, 0.5) is 5.82 Å². The minimum atomic E-state index is 0.295. The van der Waals surface area contributed by atoms with Gasteiger partial charge in [-0.15, -0.1) is 0 Å². The number of anilines is 1. The summed E-state index contributed by atoms with van der Waals surface area (Å²) in [4.78, 5) is 0. The van der Waals surface area contributed by atoms with Crippen LogP contribution in [0.2, 0.25) is 10.0 Å². The molecule has 6 heteroatoms. The number of benzene rings is 2. The van der Waals surface area contributed by atoms with Gasteiger partial charge in [0.15, 0.2) is 11.6 Å². The molecule has 0 aliphatic carbocycles. The summed E-state index contributed by atoms with van der Waals surface area (Å²) < 4.78 is 6.34. The van der Waals surface area contributed by atoms with E-state index in [0.717, 1.165) is 10.0 Å². The van der Waals surface area contributed by atoms with E-state index >= 15 is 0 Å². The van der Waals surface area contributed by atoms with Crippen LogP contribution >= 0.6 is 39.1 Å². The quantitative estimate of drug-likeness (QED) is 0.621. The average Bonchev–Trinajstić information content (AvgIpc) is 2.82. The third kappa shape index (κ3) is 2.67. The highest BCUT2D eigenvalue weighted by Gasteiger charge is 2.21. The highest BCUT2D eigenvalue weighted by Crippen LogP contribution is 2.42. The maximum Gasteiger partial charge on any atom is 0.179 e. The zero-order chi connectivity index (χ0) is 15.0. The minimum absolute atomic E-state index is 0.295. The summed E-state index contributed by atoms with van der Waals surface area (Å²) in [5.41, 5.74) is 8.09. The van der Waals surface area contributed by atoms with Crippen LogP contribution in [0.25, 0.3) is 22.5 Å². The molecule has 3 nitrogen and oxygen atoms in total. The first kappa shape index (κ1) is 14.4. The molecule has 0 bridgehead atoms. The summed E-state index contributed by atoms with van der Waals surface area (Å²) in [6.07, 6.45) is 0. The average molecular weight is 384 g/mol. The fourth-order valence-electron chi connectivity index (χ4n) is 2.08. The molecule has 0 atom stereocenters. The van der Waals surface area contributed by atoms with Crippen LogP contribution in [-0.4, -0.2) is 5.16 Å². The Hall–Kier alpha value is -1.49. The molecule has 3 aromatic rings. The van der Waals surface area contributed by atoms with E-state index in [9.17, 15) is 0 Å². The van der Waals surface area contributed by atoms with Crippen LogP contribution in [0.15, 0.2) is 51.5 Å². The molecule has 0 fully saturated rings. The Morgan fingerprint density at radius 3 is 2.19 bits per heavy atom. The van der Waals surface area contributed by atoms with Crippen molar-refractivity contribution in [3.8, 4) is 22.5 Å². The van der Waals surface area contributed by atoms with Crippen LogP contribution < -0.4 is 5.73 Å². The minimum Gasteiger partial charge on any atom is -0.380 e. The molecule has 0 aliphatic rings. The van der Waals surface area contributed by atoms with Gasteiger partial charge in [-0.05, 0) is 29.8 Å². The maximum atomic E-state index is 6.24. The van der Waals surface area contributed by atoms with Crippen molar-refractivity contribution in [3.63, 3.8) is 0 Å². The first-order valence-corrected chi connectivity index (χ1v) is 7.58. The monoisotopic (exact) mass is 382 g/mol. The van der Waals surface area contributed by atoms with Crippen molar-refractivity contribution in [2.45, 2.75) is 0 Å². The van der Waals surface area contributed by atoms with E-state index in [2.05, 4.69) is 21.1 Å². The smallest absolute Gasteiger partial charge is 0.179 e. The predicted molar refractivity (Wildman–Crippen MR) is 89.5 cm³/mol. The van der Waals surface area contributed by atoms with E-state index in [1.165, 1.54) is 0 Å². The van der Waals surface area contributed by atoms with Crippen molar-refractivity contribution in [2.75, 3.05) is 5.73 Å². The SMILES string of the molecule is Nc1noc(-c2c(Cl)cccc2Cl)c1-c1ccc(Br)cc1. The lowest BCUT2D eigenvalue weighted by Crippen LogP contribution is -1.89. The Bertz CT molecular complexity index is 780. The van der Waals surface area contributed by atoms with E-state index in [1.807, 2.05) is 24.3 Å². The molecule has 0 saturated heterocycles. The Morgan fingerprint density at radius 1 is 0.952 bits per heavy atom. The number of nitrogens with zero attached hydrogens (tertiary/aromatic N) is 1. The van der Waals surface area contributed by atoms with Gasteiger partial charge in [0.25, 0.3) is 0 Å². The van der Waals surface area contributed by atoms with Crippen molar-refractivity contribution < 1.29 is 4.52 Å². The number of hydrogen-bond acceptors (Lipinski definition) is 3. The fourth-order valence-corrected chi connectivity index (χ4v) is 2.92. The van der Waals surface area contributed by atoms with Crippen LogP contribution in [0.5, 0.6) is 0 Å². The standard InChI is InChI=1S/C15H9BrCl2N2O/c16-9-6-4-8(5-7-9)12-14(21-20-15(12)19)13-10(17)2-1-3-11(13)18/h1-7H,(H2,19,20). The number of aromatic nitrogens is 1. The molecule has 1 heterocycles. The zero-order valence-electron chi connectivity index (χ0n) is 10.6. The molecule has 106 valence electrons. The van der Waals surface area contributed by atoms with Gasteiger partial charge < -0.3 is 10.3 Å². The van der Waals surface area contributed by atoms with Crippen molar-refractivity contribution in [3.05, 3.63) is 57.0 Å². The first-order valence-electron chi connectivity index (χ1n) is 6.03. The zero-order valence-corrected chi connectivity index (χ0v) is 13.7. The van der Waals surface area contributed by atoms with Crippen LogP contribution in [-0.2, 0) is 0 Å². The van der Waals surface area contributed by atoms with Crippen LogP contribution in [0, 0.1) is 0 Å². The molecular formula is C15H9BrCl2N2O. The molecule has 0 spiro atoms. The normalized spacial score (nSPS) is 10.8. The summed E-state index contributed by atoms with van der Waals surface area (Å²) in [5.74, 6) is 0.758. The molecule has 0 radical (unpaired) electrons. The Labute approximate surface area is 139 Å². The van der Waals surface area contributed by atoms with Gasteiger partial charge in [-0.25, -0.2) is 0 Å². The number of halogens is 3. The van der Waals surface area contributed by atoms with Crippen molar-refractivity contribution in [2.24, 2.45) is 0 Å². The van der Waals surface area contributed by atoms with Crippen LogP contribution in [0.1, 0.15) is 0 Å². The number of nitrogens with two attached hydrogens (primary N) is 1. The molecule has 0 unspecified atom stereocenters. The molecule has 0 saturated carbocycles. The molecule has 1 aromatic heterocycles. The number of nitrogen functional groups attached to an aromatic ring is 1. The Morgan fingerprint density at radius 2 is 1.57 bits per heavy atom. The lowest BCUT2D eigenvalue weighted by atomic mass is 10.0. The lowest BCUT2D eigenvalue weighted by Gasteiger charge is -2.06. The highest BCUT2D eigenvalue weighted by molar-refractivity contribution is 9.10. The van der Waals surface area contributed by atoms with Crippen molar-refractivity contribution in [1.82, 2.24) is 5.16 Å². The third-order valence-corrected chi connectivity index (χ3v) is 4.20. The van der Waals surface area contributed by atoms with Gasteiger partial charge in [-0.3, -0.25) is 0 Å². The number of hydrogen-bond donors (Lipinski definition) is 1. The molecular weight excluding hydrogens is 375 g/mol. The van der Waals surface area contributed by atoms with Crippen molar-refractivity contribution >= 4 is 44.9 Å². The van der Waals surface area contributed by atoms with Gasteiger partial charge in [0.1, 0.15) is 0 Å². The van der Waals surface area contributed by atoms with E-state index in [1.54, 1.807) is 18.2 Å². The second-order valence-electron chi connectivity index (χ2n) is 4.38. The number of rotatable bonds is 2. The van der Waals surface area contributed by atoms with Gasteiger partial charge in [0.2, 0.25) is 0 Å². The van der Waals surface area contributed by atoms with E-state index in [0.29, 0.717) is 32.8 Å². The molecule has 2 aromatic carbocycles. The second-order valence-corrected chi connectivity index (χ2v) is 6.11. The molecule has 3 rings (SSSR count). The summed E-state index contributed by atoms with van der Waals surface area (Å²) in [6.45, 7) is 0. The third-order valence-electron chi connectivity index (χ3n) is 3.04. The summed E-state index contributed by atoms with van der Waals surface area (Å²) in [7, 11) is 0. The van der Waals surface area contributed by atoms with Gasteiger partial charge in [0, 0.05) is 4.47 Å². The molecule has 2 N–H and O–H groups in total. The Kier molecular flexibility index (Phi) is 3.93. The van der Waals surface area contributed by atoms with Gasteiger partial charge in [-0.2, -0.15) is 0 Å². The Balaban J connectivity index is 2.24. The van der Waals surface area contributed by atoms with Gasteiger partial charge in [-0.1, -0.05) is 62.5 Å². The topological polar surface area (TPSA) is 52.0 Å². The van der Waals surface area contributed by atoms with Crippen LogP contribution in [0.3, 0.4) is 0 Å². The highest BCUT2D eigenvalue weighted by atomic mass is 79.9. The maximum absolute atomic E-state index is 6.24. The fraction of sp³-hybridized carbons (Fsp3) is 0. The largest absolute Gasteiger partial charge is 0.380 e.